The Balaban J connectivity index is 3.16. The third-order valence-electron chi connectivity index (χ3n) is 0.974. The van der Waals surface area contributed by atoms with Crippen LogP contribution < -0.4 is 0 Å². The number of rotatable bonds is 3. The number of nitrogens with one attached hydrogen (secondary N) is 1. The van der Waals surface area contributed by atoms with Crippen molar-refractivity contribution in [2.75, 3.05) is 6.61 Å². The molecule has 0 unspecified atom stereocenters. The Morgan fingerprint density at radius 3 is 2.43 bits per heavy atom. The first-order chi connectivity index (χ1) is 3.35. The fourth-order valence-corrected chi connectivity index (χ4v) is 0.284. The van der Waals surface area contributed by atoms with E-state index in [1.165, 1.54) is 6.21 Å². The summed E-state index contributed by atoms with van der Waals surface area (Å²) in [6.07, 6.45) is 2.01. The van der Waals surface area contributed by atoms with Crippen LogP contribution in [0.25, 0.3) is 0 Å². The molecule has 0 aliphatic heterocycles. The summed E-state index contributed by atoms with van der Waals surface area (Å²) in [6, 6.07) is 0. The lowest BCUT2D eigenvalue weighted by Gasteiger charge is -1.97. The van der Waals surface area contributed by atoms with E-state index >= 15 is 0 Å². The number of hydrogen-bond acceptors (Lipinski definition) is 1. The topological polar surface area (TPSA) is 43.8 Å². The molecule has 0 aromatic heterocycles. The molecule has 0 heterocycles. The Bertz CT molecular complexity index is 50.0. The van der Waals surface area contributed by atoms with Crippen LogP contribution in [0, 0.1) is 11.3 Å². The summed E-state index contributed by atoms with van der Waals surface area (Å²) >= 11 is 0. The lowest BCUT2D eigenvalue weighted by Crippen LogP contribution is -2.02. The Morgan fingerprint density at radius 1 is 1.86 bits per heavy atom. The van der Waals surface area contributed by atoms with Gasteiger partial charge in [0.25, 0.3) is 0 Å². The average molecular weight is 100 g/mol. The molecule has 0 rings (SSSR count). The minimum absolute atomic E-state index is 0.0278. The largest absolute Gasteiger partial charge is 0.313 e. The molecule has 41 valence electrons. The Labute approximate surface area is 43.7 Å². The van der Waals surface area contributed by atoms with Crippen LogP contribution in [0.1, 0.15) is 13.3 Å². The van der Waals surface area contributed by atoms with E-state index in [0.29, 0.717) is 0 Å². The van der Waals surface area contributed by atoms with Crippen LogP contribution in [0.15, 0.2) is 0 Å². The van der Waals surface area contributed by atoms with Crippen LogP contribution in [0.5, 0.6) is 0 Å². The summed E-state index contributed by atoms with van der Waals surface area (Å²) in [6.45, 7) is 1.77. The maximum Gasteiger partial charge on any atom is 0.0899 e. The van der Waals surface area contributed by atoms with Crippen molar-refractivity contribution in [1.82, 2.24) is 0 Å². The van der Waals surface area contributed by atoms with Gasteiger partial charge in [-0.1, -0.05) is 6.92 Å². The SMILES string of the molecule is CC[C@@H](C=N)C[O]. The molecule has 0 aliphatic carbocycles. The Morgan fingerprint density at radius 2 is 2.43 bits per heavy atom. The van der Waals surface area contributed by atoms with Crippen molar-refractivity contribution in [3.8, 4) is 0 Å². The minimum atomic E-state index is -0.139. The van der Waals surface area contributed by atoms with E-state index in [1.807, 2.05) is 6.92 Å². The van der Waals surface area contributed by atoms with Crippen molar-refractivity contribution in [3.63, 3.8) is 0 Å². The van der Waals surface area contributed by atoms with Crippen LogP contribution in [0.2, 0.25) is 0 Å². The molecule has 1 atom stereocenters. The van der Waals surface area contributed by atoms with Crippen molar-refractivity contribution < 1.29 is 5.11 Å². The molecule has 2 nitrogen and oxygen atoms in total. The highest BCUT2D eigenvalue weighted by Crippen LogP contribution is 1.94. The molecule has 0 saturated carbocycles. The summed E-state index contributed by atoms with van der Waals surface area (Å²) < 4.78 is 0. The van der Waals surface area contributed by atoms with Gasteiger partial charge in [0.05, 0.1) is 6.61 Å². The molecule has 0 aromatic carbocycles. The van der Waals surface area contributed by atoms with E-state index in [4.69, 9.17) is 5.41 Å². The van der Waals surface area contributed by atoms with E-state index in [-0.39, 0.29) is 12.5 Å². The fourth-order valence-electron chi connectivity index (χ4n) is 0.284. The summed E-state index contributed by atoms with van der Waals surface area (Å²) in [5.74, 6) is -0.0278. The second kappa shape index (κ2) is 3.81. The molecule has 1 N–H and O–H groups in total. The van der Waals surface area contributed by atoms with Gasteiger partial charge in [0.15, 0.2) is 0 Å². The van der Waals surface area contributed by atoms with Crippen molar-refractivity contribution in [1.29, 1.82) is 5.41 Å². The molecular weight excluding hydrogens is 90.1 g/mol. The van der Waals surface area contributed by atoms with E-state index in [1.54, 1.807) is 0 Å². The fraction of sp³-hybridized carbons (Fsp3) is 0.800. The van der Waals surface area contributed by atoms with Crippen molar-refractivity contribution in [2.45, 2.75) is 13.3 Å². The van der Waals surface area contributed by atoms with Gasteiger partial charge < -0.3 is 5.41 Å². The van der Waals surface area contributed by atoms with Crippen molar-refractivity contribution in [3.05, 3.63) is 0 Å². The molecule has 0 bridgehead atoms. The van der Waals surface area contributed by atoms with Crippen molar-refractivity contribution >= 4 is 6.21 Å². The third-order valence-corrected chi connectivity index (χ3v) is 0.974. The maximum atomic E-state index is 9.94. The molecule has 0 aromatic rings. The standard InChI is InChI=1S/C5H10NO/c1-2-5(3-6)4-7/h3,5-6H,2,4H2,1H3/t5-/m0/s1. The molecule has 0 amide bonds. The average Bonchev–Trinajstić information content (AvgIpc) is 1.72. The van der Waals surface area contributed by atoms with Gasteiger partial charge in [-0.15, -0.1) is 0 Å². The quantitative estimate of drug-likeness (QED) is 0.516. The summed E-state index contributed by atoms with van der Waals surface area (Å²) in [7, 11) is 0. The first kappa shape index (κ1) is 6.63. The molecule has 2 heteroatoms. The molecule has 7 heavy (non-hydrogen) atoms. The predicted octanol–water partition coefficient (Wildman–Crippen LogP) is 1.09. The zero-order valence-electron chi connectivity index (χ0n) is 4.48. The molecule has 0 spiro atoms. The molecule has 0 fully saturated rings. The number of hydrogen-bond donors (Lipinski definition) is 1. The smallest absolute Gasteiger partial charge is 0.0899 e. The van der Waals surface area contributed by atoms with Gasteiger partial charge in [-0.2, -0.15) is 0 Å². The lowest BCUT2D eigenvalue weighted by molar-refractivity contribution is 0.168. The highest BCUT2D eigenvalue weighted by molar-refractivity contribution is 5.56. The lowest BCUT2D eigenvalue weighted by atomic mass is 10.1. The first-order valence-corrected chi connectivity index (χ1v) is 2.43. The Kier molecular flexibility index (Phi) is 3.61. The van der Waals surface area contributed by atoms with E-state index in [2.05, 4.69) is 0 Å². The van der Waals surface area contributed by atoms with Gasteiger partial charge in [0.2, 0.25) is 0 Å². The van der Waals surface area contributed by atoms with Crippen LogP contribution in [-0.2, 0) is 5.11 Å². The van der Waals surface area contributed by atoms with Crippen molar-refractivity contribution in [2.24, 2.45) is 5.92 Å². The van der Waals surface area contributed by atoms with Crippen LogP contribution in [-0.4, -0.2) is 12.8 Å². The zero-order chi connectivity index (χ0) is 5.70. The summed E-state index contributed by atoms with van der Waals surface area (Å²) in [5, 5.41) is 16.6. The second-order valence-corrected chi connectivity index (χ2v) is 1.50. The minimum Gasteiger partial charge on any atom is -0.313 e. The highest BCUT2D eigenvalue weighted by atomic mass is 16.3. The van der Waals surface area contributed by atoms with Gasteiger partial charge in [0.1, 0.15) is 0 Å². The van der Waals surface area contributed by atoms with E-state index in [0.717, 1.165) is 6.42 Å². The van der Waals surface area contributed by atoms with Crippen LogP contribution >= 0.6 is 0 Å². The second-order valence-electron chi connectivity index (χ2n) is 1.50. The summed E-state index contributed by atoms with van der Waals surface area (Å²) in [5.41, 5.74) is 0. The van der Waals surface area contributed by atoms with Gasteiger partial charge >= 0.3 is 0 Å². The van der Waals surface area contributed by atoms with Gasteiger partial charge in [-0.3, -0.25) is 0 Å². The van der Waals surface area contributed by atoms with E-state index < -0.39 is 0 Å². The maximum absolute atomic E-state index is 9.94. The summed E-state index contributed by atoms with van der Waals surface area (Å²) in [4.78, 5) is 0. The van der Waals surface area contributed by atoms with Gasteiger partial charge in [-0.25, -0.2) is 5.11 Å². The molecule has 0 aliphatic rings. The molecular formula is C5H10NO. The Hall–Kier alpha value is -0.370. The molecule has 1 radical (unpaired) electrons. The first-order valence-electron chi connectivity index (χ1n) is 2.43. The molecule has 0 saturated heterocycles. The van der Waals surface area contributed by atoms with Gasteiger partial charge in [0, 0.05) is 12.1 Å². The third kappa shape index (κ3) is 2.34. The highest BCUT2D eigenvalue weighted by Gasteiger charge is 1.96. The zero-order valence-corrected chi connectivity index (χ0v) is 4.48. The van der Waals surface area contributed by atoms with Gasteiger partial charge in [-0.05, 0) is 6.42 Å². The van der Waals surface area contributed by atoms with Crippen LogP contribution in [0.3, 0.4) is 0 Å². The monoisotopic (exact) mass is 100 g/mol. The predicted molar refractivity (Wildman–Crippen MR) is 28.1 cm³/mol. The van der Waals surface area contributed by atoms with Crippen LogP contribution in [0.4, 0.5) is 0 Å². The van der Waals surface area contributed by atoms with E-state index in [9.17, 15) is 5.11 Å². The normalized spacial score (nSPS) is 13.4.